The summed E-state index contributed by atoms with van der Waals surface area (Å²) in [4.78, 5) is 16.3. The molecular formula is C20H30N2O2. The van der Waals surface area contributed by atoms with Crippen molar-refractivity contribution in [1.29, 1.82) is 0 Å². The standard InChI is InChI=1S/C20H30N2O2/c23-20(8-4-7-16-5-2-1-3-6-16)22-19-15-24-14-18(19)13-17-9-11-21-12-10-17/h9-12,16,18-19H,1-8,13-15H2,(H,22,23)/t18-,19-/m1/s1. The van der Waals surface area contributed by atoms with E-state index in [1.165, 1.54) is 44.1 Å². The second kappa shape index (κ2) is 9.16. The molecule has 0 spiro atoms. The van der Waals surface area contributed by atoms with Gasteiger partial charge in [-0.05, 0) is 42.9 Å². The van der Waals surface area contributed by atoms with E-state index in [-0.39, 0.29) is 11.9 Å². The van der Waals surface area contributed by atoms with E-state index < -0.39 is 0 Å². The van der Waals surface area contributed by atoms with Gasteiger partial charge >= 0.3 is 0 Å². The van der Waals surface area contributed by atoms with Crippen LogP contribution in [-0.2, 0) is 16.0 Å². The topological polar surface area (TPSA) is 51.2 Å². The Hall–Kier alpha value is -1.42. The van der Waals surface area contributed by atoms with Crippen molar-refractivity contribution >= 4 is 5.91 Å². The Kier molecular flexibility index (Phi) is 6.65. The molecule has 1 aromatic heterocycles. The summed E-state index contributed by atoms with van der Waals surface area (Å²) in [6.07, 6.45) is 14.4. The second-order valence-corrected chi connectivity index (χ2v) is 7.43. The van der Waals surface area contributed by atoms with Crippen LogP contribution in [0.5, 0.6) is 0 Å². The number of nitrogens with one attached hydrogen (secondary N) is 1. The smallest absolute Gasteiger partial charge is 0.220 e. The molecule has 0 radical (unpaired) electrons. The number of hydrogen-bond donors (Lipinski definition) is 1. The van der Waals surface area contributed by atoms with Gasteiger partial charge in [-0.3, -0.25) is 9.78 Å². The van der Waals surface area contributed by atoms with E-state index in [4.69, 9.17) is 4.74 Å². The Morgan fingerprint density at radius 1 is 1.17 bits per heavy atom. The van der Waals surface area contributed by atoms with Crippen LogP contribution in [0.4, 0.5) is 0 Å². The number of amides is 1. The molecule has 2 fully saturated rings. The summed E-state index contributed by atoms with van der Waals surface area (Å²) in [6.45, 7) is 1.37. The Morgan fingerprint density at radius 2 is 1.96 bits per heavy atom. The quantitative estimate of drug-likeness (QED) is 0.832. The van der Waals surface area contributed by atoms with Crippen LogP contribution in [0, 0.1) is 11.8 Å². The first-order valence-electron chi connectivity index (χ1n) is 9.57. The summed E-state index contributed by atoms with van der Waals surface area (Å²) in [5, 5.41) is 3.21. The van der Waals surface area contributed by atoms with Crippen molar-refractivity contribution < 1.29 is 9.53 Å². The summed E-state index contributed by atoms with van der Waals surface area (Å²) in [5.41, 5.74) is 1.26. The molecule has 1 saturated carbocycles. The average molecular weight is 330 g/mol. The van der Waals surface area contributed by atoms with Gasteiger partial charge in [0.15, 0.2) is 0 Å². The van der Waals surface area contributed by atoms with E-state index in [1.54, 1.807) is 0 Å². The van der Waals surface area contributed by atoms with Crippen molar-refractivity contribution in [3.8, 4) is 0 Å². The van der Waals surface area contributed by atoms with Crippen molar-refractivity contribution in [1.82, 2.24) is 10.3 Å². The van der Waals surface area contributed by atoms with E-state index >= 15 is 0 Å². The number of rotatable bonds is 7. The molecule has 2 aliphatic rings. The van der Waals surface area contributed by atoms with Gasteiger partial charge in [0.1, 0.15) is 0 Å². The van der Waals surface area contributed by atoms with Gasteiger partial charge in [-0.2, -0.15) is 0 Å². The molecule has 1 aromatic rings. The highest BCUT2D eigenvalue weighted by Crippen LogP contribution is 2.27. The monoisotopic (exact) mass is 330 g/mol. The third-order valence-corrected chi connectivity index (χ3v) is 5.53. The van der Waals surface area contributed by atoms with E-state index in [2.05, 4.69) is 10.3 Å². The van der Waals surface area contributed by atoms with E-state index in [9.17, 15) is 4.79 Å². The highest BCUT2D eigenvalue weighted by Gasteiger charge is 2.29. The number of carbonyl (C=O) groups is 1. The molecule has 0 aromatic carbocycles. The van der Waals surface area contributed by atoms with Crippen molar-refractivity contribution in [3.63, 3.8) is 0 Å². The molecule has 0 unspecified atom stereocenters. The van der Waals surface area contributed by atoms with Gasteiger partial charge in [0.25, 0.3) is 0 Å². The Labute approximate surface area is 145 Å². The minimum absolute atomic E-state index is 0.153. The zero-order valence-corrected chi connectivity index (χ0v) is 14.6. The Morgan fingerprint density at radius 3 is 2.75 bits per heavy atom. The van der Waals surface area contributed by atoms with Crippen LogP contribution in [0.1, 0.15) is 56.9 Å². The van der Waals surface area contributed by atoms with Crippen LogP contribution in [0.15, 0.2) is 24.5 Å². The van der Waals surface area contributed by atoms with Crippen LogP contribution in [0.2, 0.25) is 0 Å². The van der Waals surface area contributed by atoms with Crippen molar-refractivity contribution in [2.24, 2.45) is 11.8 Å². The first kappa shape index (κ1) is 17.4. The lowest BCUT2D eigenvalue weighted by Gasteiger charge is -2.22. The number of hydrogen-bond acceptors (Lipinski definition) is 3. The fraction of sp³-hybridized carbons (Fsp3) is 0.700. The maximum Gasteiger partial charge on any atom is 0.220 e. The van der Waals surface area contributed by atoms with E-state index in [0.29, 0.717) is 18.9 Å². The maximum atomic E-state index is 12.3. The molecule has 4 heteroatoms. The highest BCUT2D eigenvalue weighted by molar-refractivity contribution is 5.76. The zero-order valence-electron chi connectivity index (χ0n) is 14.6. The molecular weight excluding hydrogens is 300 g/mol. The average Bonchev–Trinajstić information content (AvgIpc) is 3.03. The second-order valence-electron chi connectivity index (χ2n) is 7.43. The summed E-state index contributed by atoms with van der Waals surface area (Å²) in [5.74, 6) is 1.43. The molecule has 132 valence electrons. The van der Waals surface area contributed by atoms with Gasteiger partial charge in [0.2, 0.25) is 5.91 Å². The number of pyridine rings is 1. The summed E-state index contributed by atoms with van der Waals surface area (Å²) >= 11 is 0. The summed E-state index contributed by atoms with van der Waals surface area (Å²) in [7, 11) is 0. The first-order valence-corrected chi connectivity index (χ1v) is 9.57. The molecule has 1 saturated heterocycles. The molecule has 3 rings (SSSR count). The van der Waals surface area contributed by atoms with Gasteiger partial charge in [0.05, 0.1) is 19.3 Å². The highest BCUT2D eigenvalue weighted by atomic mass is 16.5. The fourth-order valence-electron chi connectivity index (χ4n) is 4.09. The van der Waals surface area contributed by atoms with Crippen LogP contribution < -0.4 is 5.32 Å². The molecule has 1 amide bonds. The van der Waals surface area contributed by atoms with Gasteiger partial charge in [0, 0.05) is 24.7 Å². The number of carbonyl (C=O) groups excluding carboxylic acids is 1. The molecule has 2 heterocycles. The molecule has 24 heavy (non-hydrogen) atoms. The van der Waals surface area contributed by atoms with E-state index in [1.807, 2.05) is 24.5 Å². The normalized spacial score (nSPS) is 24.8. The van der Waals surface area contributed by atoms with Crippen LogP contribution in [0.3, 0.4) is 0 Å². The van der Waals surface area contributed by atoms with Crippen LogP contribution >= 0.6 is 0 Å². The lowest BCUT2D eigenvalue weighted by atomic mass is 9.86. The summed E-state index contributed by atoms with van der Waals surface area (Å²) in [6, 6.07) is 4.24. The predicted octanol–water partition coefficient (Wildman–Crippen LogP) is 3.51. The SMILES string of the molecule is O=C(CCCC1CCCCC1)N[C@@H]1COC[C@H]1Cc1ccncc1. The fourth-order valence-corrected chi connectivity index (χ4v) is 4.09. The van der Waals surface area contributed by atoms with E-state index in [0.717, 1.165) is 25.4 Å². The van der Waals surface area contributed by atoms with Crippen molar-refractivity contribution in [3.05, 3.63) is 30.1 Å². The predicted molar refractivity (Wildman–Crippen MR) is 94.6 cm³/mol. The van der Waals surface area contributed by atoms with Crippen molar-refractivity contribution in [2.45, 2.75) is 63.8 Å². The number of aromatic nitrogens is 1. The molecule has 1 aliphatic carbocycles. The van der Waals surface area contributed by atoms with Gasteiger partial charge < -0.3 is 10.1 Å². The van der Waals surface area contributed by atoms with Crippen LogP contribution in [-0.4, -0.2) is 30.1 Å². The molecule has 2 atom stereocenters. The molecule has 1 aliphatic heterocycles. The van der Waals surface area contributed by atoms with Crippen molar-refractivity contribution in [2.75, 3.05) is 13.2 Å². The van der Waals surface area contributed by atoms with Gasteiger partial charge in [-0.25, -0.2) is 0 Å². The molecule has 4 nitrogen and oxygen atoms in total. The number of nitrogens with zero attached hydrogens (tertiary/aromatic N) is 1. The lowest BCUT2D eigenvalue weighted by molar-refractivity contribution is -0.122. The Bertz CT molecular complexity index is 500. The third-order valence-electron chi connectivity index (χ3n) is 5.53. The zero-order chi connectivity index (χ0) is 16.6. The Balaban J connectivity index is 1.38. The maximum absolute atomic E-state index is 12.3. The van der Waals surface area contributed by atoms with Crippen LogP contribution in [0.25, 0.3) is 0 Å². The first-order chi connectivity index (χ1) is 11.8. The largest absolute Gasteiger partial charge is 0.379 e. The lowest BCUT2D eigenvalue weighted by Crippen LogP contribution is -2.40. The summed E-state index contributed by atoms with van der Waals surface area (Å²) < 4.78 is 5.61. The van der Waals surface area contributed by atoms with Gasteiger partial charge in [-0.1, -0.05) is 32.1 Å². The molecule has 0 bridgehead atoms. The third kappa shape index (κ3) is 5.30. The number of ether oxygens (including phenoxy) is 1. The van der Waals surface area contributed by atoms with Gasteiger partial charge in [-0.15, -0.1) is 0 Å². The molecule has 1 N–H and O–H groups in total. The minimum atomic E-state index is 0.153. The minimum Gasteiger partial charge on any atom is -0.379 e.